The van der Waals surface area contributed by atoms with Crippen LogP contribution >= 0.6 is 23.2 Å². The van der Waals surface area contributed by atoms with E-state index in [4.69, 9.17) is 23.2 Å². The number of nitrogens with one attached hydrogen (secondary N) is 2. The van der Waals surface area contributed by atoms with E-state index in [0.29, 0.717) is 22.3 Å². The van der Waals surface area contributed by atoms with E-state index in [-0.39, 0.29) is 5.57 Å². The fraction of sp³-hybridized carbons (Fsp3) is 0.158. The van der Waals surface area contributed by atoms with Crippen LogP contribution in [0.3, 0.4) is 0 Å². The summed E-state index contributed by atoms with van der Waals surface area (Å²) in [5.41, 5.74) is 2.56. The Kier molecular flexibility index (Phi) is 6.88. The number of hydrogen-bond donors (Lipinski definition) is 2. The monoisotopic (exact) mass is 373 g/mol. The van der Waals surface area contributed by atoms with Gasteiger partial charge in [-0.15, -0.1) is 0 Å². The van der Waals surface area contributed by atoms with Crippen molar-refractivity contribution in [3.8, 4) is 6.07 Å². The first kappa shape index (κ1) is 18.9. The van der Waals surface area contributed by atoms with Crippen LogP contribution in [0.5, 0.6) is 0 Å². The van der Waals surface area contributed by atoms with E-state index >= 15 is 0 Å². The first-order chi connectivity index (χ1) is 12.0. The Morgan fingerprint density at radius 1 is 1.16 bits per heavy atom. The second-order valence-electron chi connectivity index (χ2n) is 5.41. The molecule has 0 heterocycles. The molecular formula is C19H17Cl2N3O. The molecule has 2 aromatic rings. The SMILES string of the molecule is Cc1ccc(Cl)cc1NC(=O)/C(C#N)=C\NCCc1ccc(Cl)cc1. The Balaban J connectivity index is 1.92. The second-order valence-corrected chi connectivity index (χ2v) is 6.29. The van der Waals surface area contributed by atoms with Gasteiger partial charge in [-0.1, -0.05) is 41.4 Å². The Hall–Kier alpha value is -2.48. The van der Waals surface area contributed by atoms with Gasteiger partial charge in [0.15, 0.2) is 0 Å². The molecule has 0 aromatic heterocycles. The molecule has 0 saturated heterocycles. The molecule has 0 spiro atoms. The molecule has 0 saturated carbocycles. The number of amides is 1. The summed E-state index contributed by atoms with van der Waals surface area (Å²) in [5.74, 6) is -0.480. The van der Waals surface area contributed by atoms with Crippen molar-refractivity contribution in [2.24, 2.45) is 0 Å². The minimum absolute atomic E-state index is 0.00418. The number of benzene rings is 2. The van der Waals surface area contributed by atoms with Gasteiger partial charge in [-0.3, -0.25) is 4.79 Å². The van der Waals surface area contributed by atoms with Crippen LogP contribution in [0.25, 0.3) is 0 Å². The fourth-order valence-corrected chi connectivity index (χ4v) is 2.41. The van der Waals surface area contributed by atoms with Crippen molar-refractivity contribution in [3.63, 3.8) is 0 Å². The predicted octanol–water partition coefficient (Wildman–Crippen LogP) is 4.48. The van der Waals surface area contributed by atoms with Crippen LogP contribution in [0.1, 0.15) is 11.1 Å². The number of carbonyl (C=O) groups is 1. The van der Waals surface area contributed by atoms with E-state index < -0.39 is 5.91 Å². The lowest BCUT2D eigenvalue weighted by atomic mass is 10.1. The van der Waals surface area contributed by atoms with Crippen molar-refractivity contribution in [1.29, 1.82) is 5.26 Å². The molecule has 2 rings (SSSR count). The van der Waals surface area contributed by atoms with Gasteiger partial charge >= 0.3 is 0 Å². The summed E-state index contributed by atoms with van der Waals surface area (Å²) in [6, 6.07) is 14.6. The number of halogens is 2. The first-order valence-electron chi connectivity index (χ1n) is 7.65. The number of nitriles is 1. The van der Waals surface area contributed by atoms with Crippen molar-refractivity contribution in [1.82, 2.24) is 5.32 Å². The Labute approximate surface area is 157 Å². The van der Waals surface area contributed by atoms with Crippen molar-refractivity contribution in [2.75, 3.05) is 11.9 Å². The molecule has 1 amide bonds. The molecular weight excluding hydrogens is 357 g/mol. The molecule has 4 nitrogen and oxygen atoms in total. The van der Waals surface area contributed by atoms with Crippen LogP contribution in [-0.2, 0) is 11.2 Å². The molecule has 0 fully saturated rings. The molecule has 0 bridgehead atoms. The minimum atomic E-state index is -0.480. The third-order valence-electron chi connectivity index (χ3n) is 3.53. The van der Waals surface area contributed by atoms with Gasteiger partial charge in [0.1, 0.15) is 11.6 Å². The molecule has 2 N–H and O–H groups in total. The van der Waals surface area contributed by atoms with Gasteiger partial charge in [0.2, 0.25) is 0 Å². The van der Waals surface area contributed by atoms with E-state index in [2.05, 4.69) is 10.6 Å². The maximum atomic E-state index is 12.2. The Morgan fingerprint density at radius 3 is 2.52 bits per heavy atom. The average molecular weight is 374 g/mol. The van der Waals surface area contributed by atoms with Gasteiger partial charge in [0.25, 0.3) is 5.91 Å². The molecule has 25 heavy (non-hydrogen) atoms. The molecule has 0 aliphatic heterocycles. The molecule has 0 aliphatic rings. The predicted molar refractivity (Wildman–Crippen MR) is 102 cm³/mol. The van der Waals surface area contributed by atoms with E-state index in [1.54, 1.807) is 18.2 Å². The molecule has 0 aliphatic carbocycles. The fourth-order valence-electron chi connectivity index (χ4n) is 2.11. The third-order valence-corrected chi connectivity index (χ3v) is 4.02. The number of nitrogens with zero attached hydrogens (tertiary/aromatic N) is 1. The number of anilines is 1. The smallest absolute Gasteiger partial charge is 0.267 e. The Morgan fingerprint density at radius 2 is 1.84 bits per heavy atom. The number of hydrogen-bond acceptors (Lipinski definition) is 3. The van der Waals surface area contributed by atoms with Gasteiger partial charge in [-0.2, -0.15) is 5.26 Å². The van der Waals surface area contributed by atoms with Gasteiger partial charge in [-0.05, 0) is 48.7 Å². The third kappa shape index (κ3) is 5.82. The first-order valence-corrected chi connectivity index (χ1v) is 8.41. The highest BCUT2D eigenvalue weighted by Crippen LogP contribution is 2.20. The maximum Gasteiger partial charge on any atom is 0.267 e. The topological polar surface area (TPSA) is 64.9 Å². The highest BCUT2D eigenvalue weighted by molar-refractivity contribution is 6.31. The largest absolute Gasteiger partial charge is 0.389 e. The maximum absolute atomic E-state index is 12.2. The summed E-state index contributed by atoms with van der Waals surface area (Å²) < 4.78 is 0. The van der Waals surface area contributed by atoms with Crippen LogP contribution in [0.2, 0.25) is 10.0 Å². The van der Waals surface area contributed by atoms with E-state index in [0.717, 1.165) is 17.5 Å². The van der Waals surface area contributed by atoms with Crippen LogP contribution in [0.4, 0.5) is 5.69 Å². The molecule has 6 heteroatoms. The van der Waals surface area contributed by atoms with Gasteiger partial charge in [-0.25, -0.2) is 0 Å². The number of carbonyl (C=O) groups excluding carboxylic acids is 1. The zero-order chi connectivity index (χ0) is 18.2. The summed E-state index contributed by atoms with van der Waals surface area (Å²) in [6.45, 7) is 2.45. The standard InChI is InChI=1S/C19H17Cl2N3O/c1-13-2-5-17(21)10-18(13)24-19(25)15(11-22)12-23-9-8-14-3-6-16(20)7-4-14/h2-7,10,12,23H,8-9H2,1H3,(H,24,25)/b15-12-. The molecule has 0 unspecified atom stereocenters. The van der Waals surface area contributed by atoms with E-state index in [1.807, 2.05) is 37.3 Å². The molecule has 0 atom stereocenters. The lowest BCUT2D eigenvalue weighted by molar-refractivity contribution is -0.112. The molecule has 128 valence electrons. The number of rotatable bonds is 6. The average Bonchev–Trinajstić information content (AvgIpc) is 2.59. The lowest BCUT2D eigenvalue weighted by Gasteiger charge is -2.08. The zero-order valence-corrected chi connectivity index (χ0v) is 15.2. The van der Waals surface area contributed by atoms with Crippen LogP contribution in [-0.4, -0.2) is 12.5 Å². The highest BCUT2D eigenvalue weighted by Gasteiger charge is 2.10. The Bertz CT molecular complexity index is 824. The van der Waals surface area contributed by atoms with Crippen molar-refractivity contribution >= 4 is 34.8 Å². The normalized spacial score (nSPS) is 10.9. The van der Waals surface area contributed by atoms with Gasteiger partial charge in [0.05, 0.1) is 0 Å². The summed E-state index contributed by atoms with van der Waals surface area (Å²) >= 11 is 11.8. The van der Waals surface area contributed by atoms with E-state index in [1.165, 1.54) is 6.20 Å². The van der Waals surface area contributed by atoms with Crippen LogP contribution in [0.15, 0.2) is 54.2 Å². The number of aryl methyl sites for hydroxylation is 1. The second kappa shape index (κ2) is 9.12. The summed E-state index contributed by atoms with van der Waals surface area (Å²) in [5, 5.41) is 16.1. The minimum Gasteiger partial charge on any atom is -0.389 e. The van der Waals surface area contributed by atoms with Crippen molar-refractivity contribution in [2.45, 2.75) is 13.3 Å². The highest BCUT2D eigenvalue weighted by atomic mass is 35.5. The van der Waals surface area contributed by atoms with Crippen LogP contribution in [0, 0.1) is 18.3 Å². The molecule has 0 radical (unpaired) electrons. The zero-order valence-electron chi connectivity index (χ0n) is 13.6. The molecule has 2 aromatic carbocycles. The lowest BCUT2D eigenvalue weighted by Crippen LogP contribution is -2.18. The van der Waals surface area contributed by atoms with Crippen molar-refractivity contribution in [3.05, 3.63) is 75.4 Å². The van der Waals surface area contributed by atoms with Crippen molar-refractivity contribution < 1.29 is 4.79 Å². The van der Waals surface area contributed by atoms with E-state index in [9.17, 15) is 10.1 Å². The summed E-state index contributed by atoms with van der Waals surface area (Å²) in [6.07, 6.45) is 2.17. The van der Waals surface area contributed by atoms with Gasteiger partial charge in [0, 0.05) is 28.5 Å². The quantitative estimate of drug-likeness (QED) is 0.445. The van der Waals surface area contributed by atoms with Crippen LogP contribution < -0.4 is 10.6 Å². The summed E-state index contributed by atoms with van der Waals surface area (Å²) in [7, 11) is 0. The van der Waals surface area contributed by atoms with Gasteiger partial charge < -0.3 is 10.6 Å². The summed E-state index contributed by atoms with van der Waals surface area (Å²) in [4.78, 5) is 12.2.